The summed E-state index contributed by atoms with van der Waals surface area (Å²) in [5.74, 6) is -2.97. The summed E-state index contributed by atoms with van der Waals surface area (Å²) in [5.41, 5.74) is 1.65. The highest BCUT2D eigenvalue weighted by Gasteiger charge is 2.53. The fraction of sp³-hybridized carbons (Fsp3) is 0.567. The van der Waals surface area contributed by atoms with Gasteiger partial charge in [-0.1, -0.05) is 6.07 Å². The molecule has 14 heteroatoms. The molecule has 0 unspecified atom stereocenters. The highest BCUT2D eigenvalue weighted by atomic mass is 19.1. The molecule has 0 radical (unpaired) electrons. The molecule has 1 aliphatic carbocycles. The molecule has 44 heavy (non-hydrogen) atoms. The van der Waals surface area contributed by atoms with Crippen LogP contribution in [0.5, 0.6) is 11.6 Å². The highest BCUT2D eigenvalue weighted by molar-refractivity contribution is 5.68. The van der Waals surface area contributed by atoms with Gasteiger partial charge in [0.15, 0.2) is 12.2 Å². The first-order valence-electron chi connectivity index (χ1n) is 14.2. The molecule has 2 fully saturated rings. The first-order valence-corrected chi connectivity index (χ1v) is 14.2. The molecule has 1 saturated carbocycles. The van der Waals surface area contributed by atoms with Gasteiger partial charge in [-0.2, -0.15) is 0 Å². The zero-order valence-electron chi connectivity index (χ0n) is 25.5. The van der Waals surface area contributed by atoms with E-state index in [2.05, 4.69) is 0 Å². The van der Waals surface area contributed by atoms with Crippen molar-refractivity contribution in [3.8, 4) is 11.6 Å². The standard InChI is InChI=1S/C30H37FN2O11/c1-15-23(12-20-10-11-22(38-6)13-24(20)31)29(32-33(15)21-8-7-9-21)44-30-28(42-19(5)37)27(41-18(4)36)26(40-17(3)35)25(43-30)14-39-16(2)34/h10-11,13,21,25-28,30H,7-9,12,14H2,1-6H3/t25-,26-,27+,28-,30+/m1/s1. The molecule has 1 aromatic carbocycles. The minimum absolute atomic E-state index is 0.0746. The number of hydrogen-bond donors (Lipinski definition) is 0. The van der Waals surface area contributed by atoms with E-state index in [9.17, 15) is 19.2 Å². The zero-order valence-corrected chi connectivity index (χ0v) is 25.5. The van der Waals surface area contributed by atoms with Gasteiger partial charge in [0, 0.05) is 51.4 Å². The van der Waals surface area contributed by atoms with Crippen LogP contribution in [0.3, 0.4) is 0 Å². The Morgan fingerprint density at radius 1 is 0.955 bits per heavy atom. The minimum atomic E-state index is -1.47. The van der Waals surface area contributed by atoms with Crippen LogP contribution in [0, 0.1) is 12.7 Å². The van der Waals surface area contributed by atoms with Crippen LogP contribution in [0.15, 0.2) is 18.2 Å². The molecule has 240 valence electrons. The molecule has 13 nitrogen and oxygen atoms in total. The summed E-state index contributed by atoms with van der Waals surface area (Å²) in [4.78, 5) is 48.1. The van der Waals surface area contributed by atoms with Crippen molar-refractivity contribution in [3.63, 3.8) is 0 Å². The number of aromatic nitrogens is 2. The minimum Gasteiger partial charge on any atom is -0.497 e. The molecule has 0 spiro atoms. The first-order chi connectivity index (χ1) is 20.9. The van der Waals surface area contributed by atoms with E-state index in [-0.39, 0.29) is 18.3 Å². The van der Waals surface area contributed by atoms with Crippen molar-refractivity contribution in [1.29, 1.82) is 0 Å². The summed E-state index contributed by atoms with van der Waals surface area (Å²) in [5, 5.41) is 4.70. The van der Waals surface area contributed by atoms with Crippen molar-refractivity contribution >= 4 is 23.9 Å². The van der Waals surface area contributed by atoms with E-state index < -0.39 is 67.0 Å². The summed E-state index contributed by atoms with van der Waals surface area (Å²) < 4.78 is 56.0. The maximum Gasteiger partial charge on any atom is 0.303 e. The van der Waals surface area contributed by atoms with Crippen LogP contribution in [0.2, 0.25) is 0 Å². The van der Waals surface area contributed by atoms with Gasteiger partial charge in [-0.25, -0.2) is 4.39 Å². The number of nitrogens with zero attached hydrogens (tertiary/aromatic N) is 2. The van der Waals surface area contributed by atoms with Gasteiger partial charge in [0.2, 0.25) is 18.3 Å². The lowest BCUT2D eigenvalue weighted by molar-refractivity contribution is -0.289. The Morgan fingerprint density at radius 3 is 2.14 bits per heavy atom. The summed E-state index contributed by atoms with van der Waals surface area (Å²) >= 11 is 0. The Balaban J connectivity index is 1.76. The van der Waals surface area contributed by atoms with E-state index in [0.717, 1.165) is 45.7 Å². The number of rotatable bonds is 11. The fourth-order valence-corrected chi connectivity index (χ4v) is 5.19. The number of carbonyl (C=O) groups excluding carboxylic acids is 4. The Labute approximate surface area is 253 Å². The Morgan fingerprint density at radius 2 is 1.59 bits per heavy atom. The van der Waals surface area contributed by atoms with E-state index in [0.29, 0.717) is 16.9 Å². The Bertz CT molecular complexity index is 1390. The third kappa shape index (κ3) is 7.65. The van der Waals surface area contributed by atoms with Crippen molar-refractivity contribution in [1.82, 2.24) is 9.78 Å². The quantitative estimate of drug-likeness (QED) is 0.268. The van der Waals surface area contributed by atoms with Gasteiger partial charge >= 0.3 is 23.9 Å². The lowest BCUT2D eigenvalue weighted by Crippen LogP contribution is -2.63. The topological polar surface area (TPSA) is 151 Å². The van der Waals surface area contributed by atoms with Crippen LogP contribution in [-0.2, 0) is 49.3 Å². The maximum absolute atomic E-state index is 15.1. The molecule has 0 bridgehead atoms. The van der Waals surface area contributed by atoms with Gasteiger partial charge < -0.3 is 33.2 Å². The molecule has 0 N–H and O–H groups in total. The lowest BCUT2D eigenvalue weighted by Gasteiger charge is -2.43. The van der Waals surface area contributed by atoms with Crippen LogP contribution in [-0.4, -0.2) is 78.1 Å². The average molecular weight is 621 g/mol. The van der Waals surface area contributed by atoms with Gasteiger partial charge in [-0.3, -0.25) is 23.9 Å². The maximum atomic E-state index is 15.1. The van der Waals surface area contributed by atoms with Gasteiger partial charge in [0.25, 0.3) is 0 Å². The second kappa shape index (κ2) is 14.1. The monoisotopic (exact) mass is 620 g/mol. The predicted octanol–water partition coefficient (Wildman–Crippen LogP) is 3.12. The molecular weight excluding hydrogens is 583 g/mol. The van der Waals surface area contributed by atoms with Gasteiger partial charge in [-0.15, -0.1) is 5.10 Å². The van der Waals surface area contributed by atoms with Crippen molar-refractivity contribution in [2.45, 2.75) is 97.0 Å². The smallest absolute Gasteiger partial charge is 0.303 e. The van der Waals surface area contributed by atoms with E-state index >= 15 is 4.39 Å². The second-order valence-corrected chi connectivity index (χ2v) is 10.7. The van der Waals surface area contributed by atoms with Gasteiger partial charge in [0.1, 0.15) is 24.3 Å². The Kier molecular flexibility index (Phi) is 10.4. The zero-order chi connectivity index (χ0) is 32.1. The number of benzene rings is 1. The summed E-state index contributed by atoms with van der Waals surface area (Å²) in [6.45, 7) is 6.04. The third-order valence-electron chi connectivity index (χ3n) is 7.46. The van der Waals surface area contributed by atoms with Crippen LogP contribution < -0.4 is 9.47 Å². The third-order valence-corrected chi connectivity index (χ3v) is 7.46. The molecule has 1 aromatic heterocycles. The van der Waals surface area contributed by atoms with E-state index in [4.69, 9.17) is 38.3 Å². The lowest BCUT2D eigenvalue weighted by atomic mass is 9.93. The molecule has 2 aliphatic rings. The number of ether oxygens (including phenoxy) is 7. The number of methoxy groups -OCH3 is 1. The van der Waals surface area contributed by atoms with Crippen molar-refractivity contribution in [2.24, 2.45) is 0 Å². The average Bonchev–Trinajstić information content (AvgIpc) is 3.19. The van der Waals surface area contributed by atoms with Crippen LogP contribution in [0.4, 0.5) is 4.39 Å². The molecule has 1 saturated heterocycles. The van der Waals surface area contributed by atoms with Crippen molar-refractivity contribution < 1.29 is 56.7 Å². The Hall–Kier alpha value is -4.20. The number of esters is 4. The highest BCUT2D eigenvalue weighted by Crippen LogP contribution is 2.38. The van der Waals surface area contributed by atoms with Crippen molar-refractivity contribution in [3.05, 3.63) is 40.8 Å². The molecule has 2 aromatic rings. The van der Waals surface area contributed by atoms with E-state index in [1.807, 2.05) is 11.6 Å². The van der Waals surface area contributed by atoms with Crippen LogP contribution >= 0.6 is 0 Å². The normalized spacial score (nSPS) is 23.2. The molecular formula is C30H37FN2O11. The largest absolute Gasteiger partial charge is 0.497 e. The number of carbonyl (C=O) groups is 4. The SMILES string of the molecule is COc1ccc(Cc2c(O[C@@H]3O[C@H](COC(C)=O)[C@@H](OC(C)=O)[C@H](OC(C)=O)[C@H]3OC(C)=O)nn(C3CCC3)c2C)c(F)c1. The molecule has 2 heterocycles. The van der Waals surface area contributed by atoms with Gasteiger partial charge in [-0.05, 0) is 37.8 Å². The number of halogens is 1. The molecule has 5 atom stereocenters. The van der Waals surface area contributed by atoms with E-state index in [1.165, 1.54) is 20.1 Å². The fourth-order valence-electron chi connectivity index (χ4n) is 5.19. The summed E-state index contributed by atoms with van der Waals surface area (Å²) in [6.07, 6.45) is -3.92. The summed E-state index contributed by atoms with van der Waals surface area (Å²) in [7, 11) is 1.45. The van der Waals surface area contributed by atoms with Gasteiger partial charge in [0.05, 0.1) is 13.2 Å². The van der Waals surface area contributed by atoms with Crippen molar-refractivity contribution in [2.75, 3.05) is 13.7 Å². The molecule has 0 amide bonds. The first kappa shape index (κ1) is 32.7. The molecule has 1 aliphatic heterocycles. The van der Waals surface area contributed by atoms with E-state index in [1.54, 1.807) is 12.1 Å². The second-order valence-electron chi connectivity index (χ2n) is 10.7. The van der Waals surface area contributed by atoms with Crippen LogP contribution in [0.1, 0.15) is 69.8 Å². The van der Waals surface area contributed by atoms with Crippen LogP contribution in [0.25, 0.3) is 0 Å². The summed E-state index contributed by atoms with van der Waals surface area (Å²) in [6, 6.07) is 4.64. The predicted molar refractivity (Wildman–Crippen MR) is 148 cm³/mol. The molecule has 4 rings (SSSR count). The number of hydrogen-bond acceptors (Lipinski definition) is 12.